The minimum Gasteiger partial charge on any atom is -0.464 e. The van der Waals surface area contributed by atoms with Gasteiger partial charge in [-0.15, -0.1) is 0 Å². The minimum atomic E-state index is -0.425. The zero-order chi connectivity index (χ0) is 34.6. The number of hydrogen-bond acceptors (Lipinski definition) is 2. The average Bonchev–Trinajstić information content (AvgIpc) is 3.78. The van der Waals surface area contributed by atoms with E-state index in [9.17, 15) is 0 Å². The van der Waals surface area contributed by atoms with Crippen LogP contribution in [0.2, 0.25) is 0 Å². The van der Waals surface area contributed by atoms with E-state index in [-0.39, 0.29) is 45.7 Å². The molecule has 0 radical (unpaired) electrons. The molecule has 2 nitrogen and oxygen atoms in total. The minimum absolute atomic E-state index is 0.189. The SMILES string of the molecule is [2H]c1c([2H])c([2H])c2c(-c3ccc(-c4ccc5oc6ccc7ccoc7c6c5c4)cc3)c3c([2H])c([2H])c([2H])c([2H])c3c(-c3ccccc3)c2c1[2H]. The van der Waals surface area contributed by atoms with Gasteiger partial charge in [0.15, 0.2) is 0 Å². The normalized spacial score (nSPS) is 14.5. The van der Waals surface area contributed by atoms with E-state index in [1.165, 1.54) is 0 Å². The van der Waals surface area contributed by atoms with E-state index in [4.69, 9.17) is 19.8 Å². The first-order chi connectivity index (χ1) is 24.2. The Kier molecular flexibility index (Phi) is 3.54. The predicted octanol–water partition coefficient (Wildman–Crippen LogP) is 11.6. The van der Waals surface area contributed by atoms with Gasteiger partial charge in [-0.1, -0.05) is 109 Å². The number of furan rings is 2. The molecule has 9 rings (SSSR count). The van der Waals surface area contributed by atoms with Gasteiger partial charge in [0, 0.05) is 10.8 Å². The summed E-state index contributed by atoms with van der Waals surface area (Å²) in [6, 6.07) is 25.3. The van der Waals surface area contributed by atoms with Gasteiger partial charge in [-0.3, -0.25) is 0 Å². The number of fused-ring (bicyclic) bond motifs is 7. The lowest BCUT2D eigenvalue weighted by atomic mass is 9.86. The van der Waals surface area contributed by atoms with Crippen LogP contribution in [0.4, 0.5) is 0 Å². The number of benzene rings is 7. The molecule has 2 aromatic heterocycles. The molecule has 0 fully saturated rings. The second kappa shape index (κ2) is 8.95. The lowest BCUT2D eigenvalue weighted by Crippen LogP contribution is -1.90. The fraction of sp³-hybridized carbons (Fsp3) is 0. The topological polar surface area (TPSA) is 26.3 Å². The maximum absolute atomic E-state index is 9.12. The van der Waals surface area contributed by atoms with Crippen LogP contribution in [0.15, 0.2) is 154 Å². The molecule has 9 aromatic rings. The van der Waals surface area contributed by atoms with Crippen molar-refractivity contribution in [2.75, 3.05) is 0 Å². The molecule has 0 amide bonds. The maximum atomic E-state index is 9.12. The summed E-state index contributed by atoms with van der Waals surface area (Å²) in [5.41, 5.74) is 5.76. The van der Waals surface area contributed by atoms with Crippen molar-refractivity contribution in [3.05, 3.63) is 146 Å². The summed E-state index contributed by atoms with van der Waals surface area (Å²) in [6.07, 6.45) is 1.66. The fourth-order valence-corrected chi connectivity index (χ4v) is 6.10. The first-order valence-electron chi connectivity index (χ1n) is 17.6. The Bertz CT molecular complexity index is 2810. The monoisotopic (exact) mass is 544 g/mol. The van der Waals surface area contributed by atoms with Crippen LogP contribution in [0.3, 0.4) is 0 Å². The Morgan fingerprint density at radius 3 is 1.71 bits per heavy atom. The quantitative estimate of drug-likeness (QED) is 0.207. The van der Waals surface area contributed by atoms with Gasteiger partial charge in [0.25, 0.3) is 0 Å². The van der Waals surface area contributed by atoms with Gasteiger partial charge in [-0.25, -0.2) is 0 Å². The Labute approximate surface area is 253 Å². The third-order valence-electron chi connectivity index (χ3n) is 8.00. The largest absolute Gasteiger partial charge is 0.464 e. The molecule has 2 heteroatoms. The van der Waals surface area contributed by atoms with Gasteiger partial charge in [0.2, 0.25) is 0 Å². The average molecular weight is 545 g/mol. The molecule has 7 aromatic carbocycles. The molecule has 0 saturated carbocycles. The van der Waals surface area contributed by atoms with Crippen LogP contribution in [0.1, 0.15) is 11.0 Å². The summed E-state index contributed by atoms with van der Waals surface area (Å²) in [6.45, 7) is 0. The fourth-order valence-electron chi connectivity index (χ4n) is 6.10. The standard InChI is InChI=1S/C40H24O2/c1-2-8-26(9-3-1)37-30-10-4-6-12-32(30)38(33-13-7-5-11-31(33)37)27-16-14-25(15-17-27)29-19-20-35-34(24-29)39-36(42-35)21-18-28-22-23-41-40(28)39/h1-24H/i4D,5D,6D,7D,10D,11D,12D,13D. The van der Waals surface area contributed by atoms with E-state index in [0.717, 1.165) is 44.0 Å². The van der Waals surface area contributed by atoms with Crippen molar-refractivity contribution in [3.8, 4) is 33.4 Å². The summed E-state index contributed by atoms with van der Waals surface area (Å²) in [7, 11) is 0. The van der Waals surface area contributed by atoms with Crippen molar-refractivity contribution in [2.45, 2.75) is 0 Å². The number of rotatable bonds is 3. The Hall–Kier alpha value is -5.60. The van der Waals surface area contributed by atoms with Crippen molar-refractivity contribution < 1.29 is 19.8 Å². The highest BCUT2D eigenvalue weighted by atomic mass is 16.3. The molecule has 0 spiro atoms. The second-order valence-electron chi connectivity index (χ2n) is 10.3. The molecule has 0 bridgehead atoms. The van der Waals surface area contributed by atoms with Crippen molar-refractivity contribution in [1.82, 2.24) is 0 Å². The first kappa shape index (κ1) is 16.6. The Balaban J connectivity index is 1.35. The van der Waals surface area contributed by atoms with Crippen LogP contribution >= 0.6 is 0 Å². The third kappa shape index (κ3) is 3.39. The smallest absolute Gasteiger partial charge is 0.145 e. The van der Waals surface area contributed by atoms with Crippen LogP contribution in [0.25, 0.3) is 87.8 Å². The van der Waals surface area contributed by atoms with Gasteiger partial charge < -0.3 is 8.83 Å². The van der Waals surface area contributed by atoms with E-state index in [0.29, 0.717) is 22.3 Å². The molecule has 2 heterocycles. The molecule has 196 valence electrons. The summed E-state index contributed by atoms with van der Waals surface area (Å²) < 4.78 is 82.7. The number of hydrogen-bond donors (Lipinski definition) is 0. The maximum Gasteiger partial charge on any atom is 0.145 e. The van der Waals surface area contributed by atoms with Crippen molar-refractivity contribution in [1.29, 1.82) is 0 Å². The Morgan fingerprint density at radius 2 is 1.05 bits per heavy atom. The van der Waals surface area contributed by atoms with Gasteiger partial charge in [-0.05, 0) is 85.3 Å². The van der Waals surface area contributed by atoms with Gasteiger partial charge >= 0.3 is 0 Å². The van der Waals surface area contributed by atoms with Gasteiger partial charge in [-0.2, -0.15) is 0 Å². The molecule has 0 aliphatic heterocycles. The van der Waals surface area contributed by atoms with E-state index < -0.39 is 24.2 Å². The first-order valence-corrected chi connectivity index (χ1v) is 13.6. The van der Waals surface area contributed by atoms with E-state index >= 15 is 0 Å². The molecular weight excluding hydrogens is 512 g/mol. The zero-order valence-electron chi connectivity index (χ0n) is 30.1. The summed E-state index contributed by atoms with van der Waals surface area (Å²) in [5.74, 6) is 0. The van der Waals surface area contributed by atoms with E-state index in [1.54, 1.807) is 30.5 Å². The lowest BCUT2D eigenvalue weighted by Gasteiger charge is -2.18. The highest BCUT2D eigenvalue weighted by molar-refractivity contribution is 6.21. The van der Waals surface area contributed by atoms with Crippen LogP contribution in [0, 0.1) is 0 Å². The van der Waals surface area contributed by atoms with Crippen molar-refractivity contribution in [3.63, 3.8) is 0 Å². The molecule has 0 saturated heterocycles. The molecule has 0 N–H and O–H groups in total. The zero-order valence-corrected chi connectivity index (χ0v) is 22.1. The molecule has 0 aliphatic rings. The Morgan fingerprint density at radius 1 is 0.476 bits per heavy atom. The van der Waals surface area contributed by atoms with Crippen LogP contribution in [0.5, 0.6) is 0 Å². The molecule has 0 atom stereocenters. The van der Waals surface area contributed by atoms with Crippen molar-refractivity contribution in [2.24, 2.45) is 0 Å². The van der Waals surface area contributed by atoms with Crippen LogP contribution in [-0.2, 0) is 0 Å². The molecule has 0 unspecified atom stereocenters. The van der Waals surface area contributed by atoms with E-state index in [1.807, 2.05) is 66.7 Å². The summed E-state index contributed by atoms with van der Waals surface area (Å²) in [5, 5.41) is 3.54. The highest BCUT2D eigenvalue weighted by Crippen LogP contribution is 2.44. The van der Waals surface area contributed by atoms with Crippen LogP contribution < -0.4 is 0 Å². The van der Waals surface area contributed by atoms with Gasteiger partial charge in [0.05, 0.1) is 22.6 Å². The molecular formula is C40H24O2. The van der Waals surface area contributed by atoms with Crippen molar-refractivity contribution >= 4 is 54.5 Å². The van der Waals surface area contributed by atoms with Crippen LogP contribution in [-0.4, -0.2) is 0 Å². The highest BCUT2D eigenvalue weighted by Gasteiger charge is 2.17. The summed E-state index contributed by atoms with van der Waals surface area (Å²) in [4.78, 5) is 0. The third-order valence-corrected chi connectivity index (χ3v) is 8.00. The molecule has 42 heavy (non-hydrogen) atoms. The summed E-state index contributed by atoms with van der Waals surface area (Å²) >= 11 is 0. The predicted molar refractivity (Wildman–Crippen MR) is 175 cm³/mol. The van der Waals surface area contributed by atoms with E-state index in [2.05, 4.69) is 0 Å². The van der Waals surface area contributed by atoms with Gasteiger partial charge in [0.1, 0.15) is 16.7 Å². The molecule has 0 aliphatic carbocycles. The second-order valence-corrected chi connectivity index (χ2v) is 10.3. The lowest BCUT2D eigenvalue weighted by molar-refractivity contribution is 0.618.